The molecule has 1 amide bonds. The average molecular weight is 522 g/mol. The van der Waals surface area contributed by atoms with Gasteiger partial charge >= 0.3 is 0 Å². The number of para-hydroxylation sites is 1. The maximum atomic E-state index is 13.7. The van der Waals surface area contributed by atoms with E-state index < -0.39 is 0 Å². The molecule has 2 saturated heterocycles. The van der Waals surface area contributed by atoms with Gasteiger partial charge in [-0.3, -0.25) is 18.9 Å². The Morgan fingerprint density at radius 3 is 2.65 bits per heavy atom. The number of carbonyl (C=O) groups excluding carboxylic acids is 1. The van der Waals surface area contributed by atoms with Crippen molar-refractivity contribution in [3.63, 3.8) is 0 Å². The zero-order chi connectivity index (χ0) is 25.5. The molecule has 2 fully saturated rings. The Hall–Kier alpha value is -3.05. The van der Waals surface area contributed by atoms with Crippen LogP contribution in [0, 0.1) is 0 Å². The second-order valence-electron chi connectivity index (χ2n) is 9.83. The first-order valence-corrected chi connectivity index (χ1v) is 13.7. The van der Waals surface area contributed by atoms with Gasteiger partial charge in [-0.15, -0.1) is 11.3 Å². The topological polar surface area (TPSA) is 88.4 Å². The molecule has 6 rings (SSSR count). The summed E-state index contributed by atoms with van der Waals surface area (Å²) in [6.45, 7) is 9.76. The number of carbonyl (C=O) groups is 1. The molecule has 37 heavy (non-hydrogen) atoms. The third-order valence-corrected chi connectivity index (χ3v) is 8.19. The summed E-state index contributed by atoms with van der Waals surface area (Å²) in [5.41, 5.74) is 1.41. The van der Waals surface area contributed by atoms with Gasteiger partial charge in [0.15, 0.2) is 5.65 Å². The number of ether oxygens (including phenoxy) is 2. The maximum Gasteiger partial charge on any atom is 0.258 e. The molecule has 1 aromatic carbocycles. The summed E-state index contributed by atoms with van der Waals surface area (Å²) in [6.07, 6.45) is 0.329. The number of rotatable bonds is 5. The highest BCUT2D eigenvalue weighted by atomic mass is 32.1. The van der Waals surface area contributed by atoms with Crippen molar-refractivity contribution in [3.05, 3.63) is 52.2 Å². The Bertz CT molecular complexity index is 1520. The van der Waals surface area contributed by atoms with Gasteiger partial charge in [-0.25, -0.2) is 4.98 Å². The number of amides is 1. The van der Waals surface area contributed by atoms with Gasteiger partial charge in [-0.1, -0.05) is 12.1 Å². The van der Waals surface area contributed by atoms with Crippen molar-refractivity contribution in [2.24, 2.45) is 0 Å². The fourth-order valence-electron chi connectivity index (χ4n) is 5.43. The Morgan fingerprint density at radius 2 is 1.86 bits per heavy atom. The predicted molar refractivity (Wildman–Crippen MR) is 146 cm³/mol. The Morgan fingerprint density at radius 1 is 1.11 bits per heavy atom. The number of nitrogens with one attached hydrogen (secondary N) is 1. The summed E-state index contributed by atoms with van der Waals surface area (Å²) in [7, 11) is 0. The van der Waals surface area contributed by atoms with Crippen molar-refractivity contribution in [3.8, 4) is 0 Å². The second kappa shape index (κ2) is 10.0. The van der Waals surface area contributed by atoms with Gasteiger partial charge in [0.1, 0.15) is 16.2 Å². The van der Waals surface area contributed by atoms with Crippen molar-refractivity contribution in [1.29, 1.82) is 0 Å². The third kappa shape index (κ3) is 4.59. The monoisotopic (exact) mass is 521 g/mol. The molecule has 194 valence electrons. The number of morpholine rings is 2. The molecule has 0 saturated carbocycles. The SMILES string of the molecule is CC1CN(CCNC(=O)c2c(=O)c3ccc(N4CCOCC4)nc3n3c2sc2ccccc23)CC(C)O1. The van der Waals surface area contributed by atoms with Crippen molar-refractivity contribution in [2.75, 3.05) is 57.4 Å². The van der Waals surface area contributed by atoms with Gasteiger partial charge in [0.05, 0.1) is 41.0 Å². The van der Waals surface area contributed by atoms with Crippen molar-refractivity contribution >= 4 is 49.1 Å². The van der Waals surface area contributed by atoms with E-state index in [4.69, 9.17) is 14.5 Å². The van der Waals surface area contributed by atoms with Crippen LogP contribution in [0.15, 0.2) is 41.2 Å². The first-order valence-electron chi connectivity index (χ1n) is 12.9. The highest BCUT2D eigenvalue weighted by Crippen LogP contribution is 2.31. The minimum atomic E-state index is -0.345. The van der Waals surface area contributed by atoms with Crippen LogP contribution >= 0.6 is 11.3 Å². The fraction of sp³-hybridized carbons (Fsp3) is 0.444. The molecule has 2 aliphatic rings. The highest BCUT2D eigenvalue weighted by molar-refractivity contribution is 7.24. The van der Waals surface area contributed by atoms with E-state index in [2.05, 4.69) is 29.0 Å². The first-order chi connectivity index (χ1) is 18.0. The second-order valence-corrected chi connectivity index (χ2v) is 10.9. The molecule has 3 aromatic heterocycles. The van der Waals surface area contributed by atoms with Crippen LogP contribution in [0.1, 0.15) is 24.2 Å². The van der Waals surface area contributed by atoms with Crippen LogP contribution < -0.4 is 15.6 Å². The van der Waals surface area contributed by atoms with E-state index in [1.165, 1.54) is 11.3 Å². The predicted octanol–water partition coefficient (Wildman–Crippen LogP) is 2.74. The lowest BCUT2D eigenvalue weighted by Crippen LogP contribution is -2.48. The van der Waals surface area contributed by atoms with Crippen LogP contribution in [0.4, 0.5) is 5.82 Å². The van der Waals surface area contributed by atoms with Gasteiger partial charge in [-0.2, -0.15) is 0 Å². The lowest BCUT2D eigenvalue weighted by molar-refractivity contribution is -0.0672. The Kier molecular flexibility index (Phi) is 6.58. The number of benzene rings is 1. The minimum absolute atomic E-state index is 0.164. The molecule has 5 heterocycles. The van der Waals surface area contributed by atoms with Gasteiger partial charge in [-0.05, 0) is 38.1 Å². The molecule has 9 nitrogen and oxygen atoms in total. The van der Waals surface area contributed by atoms with Crippen molar-refractivity contribution < 1.29 is 14.3 Å². The van der Waals surface area contributed by atoms with Crippen LogP contribution in [-0.2, 0) is 9.47 Å². The average Bonchev–Trinajstić information content (AvgIpc) is 3.28. The number of hydrogen-bond acceptors (Lipinski definition) is 8. The fourth-order valence-corrected chi connectivity index (χ4v) is 6.61. The quantitative estimate of drug-likeness (QED) is 0.432. The summed E-state index contributed by atoms with van der Waals surface area (Å²) in [4.78, 5) is 37.2. The van der Waals surface area contributed by atoms with E-state index in [1.807, 2.05) is 40.8 Å². The maximum absolute atomic E-state index is 13.7. The van der Waals surface area contributed by atoms with Crippen LogP contribution in [-0.4, -0.2) is 84.9 Å². The van der Waals surface area contributed by atoms with E-state index in [9.17, 15) is 9.59 Å². The number of hydrogen-bond donors (Lipinski definition) is 1. The van der Waals surface area contributed by atoms with Crippen LogP contribution in [0.3, 0.4) is 0 Å². The number of aromatic nitrogens is 2. The Labute approximate surface area is 218 Å². The summed E-state index contributed by atoms with van der Waals surface area (Å²) >= 11 is 1.45. The van der Waals surface area contributed by atoms with Crippen molar-refractivity contribution in [1.82, 2.24) is 19.6 Å². The lowest BCUT2D eigenvalue weighted by Gasteiger charge is -2.35. The first kappa shape index (κ1) is 24.3. The third-order valence-electron chi connectivity index (χ3n) is 7.04. The van der Waals surface area contributed by atoms with E-state index in [-0.39, 0.29) is 29.1 Å². The molecule has 0 aliphatic carbocycles. The summed E-state index contributed by atoms with van der Waals surface area (Å²) in [5.74, 6) is 0.466. The van der Waals surface area contributed by atoms with Gasteiger partial charge in [0.2, 0.25) is 5.43 Å². The molecular formula is C27H31N5O4S. The summed E-state index contributed by atoms with van der Waals surface area (Å²) in [6, 6.07) is 11.6. The molecule has 4 aromatic rings. The molecule has 2 unspecified atom stereocenters. The van der Waals surface area contributed by atoms with E-state index in [0.29, 0.717) is 42.2 Å². The van der Waals surface area contributed by atoms with Crippen LogP contribution in [0.2, 0.25) is 0 Å². The minimum Gasteiger partial charge on any atom is -0.378 e. The van der Waals surface area contributed by atoms with Crippen LogP contribution in [0.5, 0.6) is 0 Å². The number of nitrogens with zero attached hydrogens (tertiary/aromatic N) is 4. The van der Waals surface area contributed by atoms with Gasteiger partial charge in [0.25, 0.3) is 5.91 Å². The largest absolute Gasteiger partial charge is 0.378 e. The number of fused-ring (bicyclic) bond motifs is 5. The molecule has 0 radical (unpaired) electrons. The van der Waals surface area contributed by atoms with E-state index in [0.717, 1.165) is 42.2 Å². The summed E-state index contributed by atoms with van der Waals surface area (Å²) < 4.78 is 14.3. The number of pyridine rings is 2. The lowest BCUT2D eigenvalue weighted by atomic mass is 10.1. The van der Waals surface area contributed by atoms with Crippen molar-refractivity contribution in [2.45, 2.75) is 26.1 Å². The number of thiazole rings is 1. The standard InChI is InChI=1S/C27H31N5O4S/c1-17-15-30(16-18(2)36-17)10-9-28-26(34)23-24(33)19-7-8-22(31-11-13-35-14-12-31)29-25(19)32-20-5-3-4-6-21(20)37-27(23)32/h3-8,17-18H,9-16H2,1-2H3,(H,28,34). The number of anilines is 1. The van der Waals surface area contributed by atoms with E-state index >= 15 is 0 Å². The molecule has 10 heteroatoms. The van der Waals surface area contributed by atoms with E-state index in [1.54, 1.807) is 0 Å². The summed E-state index contributed by atoms with van der Waals surface area (Å²) in [5, 5.41) is 3.45. The molecule has 0 bridgehead atoms. The van der Waals surface area contributed by atoms with Gasteiger partial charge in [0, 0.05) is 39.3 Å². The molecule has 2 atom stereocenters. The zero-order valence-electron chi connectivity index (χ0n) is 21.1. The smallest absolute Gasteiger partial charge is 0.258 e. The zero-order valence-corrected chi connectivity index (χ0v) is 21.9. The van der Waals surface area contributed by atoms with Crippen LogP contribution in [0.25, 0.3) is 26.1 Å². The molecule has 2 aliphatic heterocycles. The van der Waals surface area contributed by atoms with Gasteiger partial charge < -0.3 is 19.7 Å². The normalized spacial score (nSPS) is 21.2. The highest BCUT2D eigenvalue weighted by Gasteiger charge is 2.25. The Balaban J connectivity index is 1.39. The molecule has 1 N–H and O–H groups in total. The molecular weight excluding hydrogens is 490 g/mol. The molecule has 0 spiro atoms.